The van der Waals surface area contributed by atoms with Gasteiger partial charge in [-0.25, -0.2) is 23.0 Å². The lowest BCUT2D eigenvalue weighted by molar-refractivity contribution is 0.0950. The van der Waals surface area contributed by atoms with Crippen molar-refractivity contribution in [3.05, 3.63) is 53.0 Å². The molecule has 0 saturated carbocycles. The number of carbonyl (C=O) groups excluding carboxylic acids is 1. The SMILES string of the molecule is [2H]c1c([2H])c(-c2cc(C(=O)NCCCN(C)CCOP(=O)(O)O)c(C)c3c2C2=CC(C)C=NC2=N3)c([2H])c(S(=O)(=O)C([2H])([2H])C([2H])([2H])[2H])c1[2H]. The lowest BCUT2D eigenvalue weighted by Gasteiger charge is -2.18. The molecule has 2 aromatic carbocycles. The van der Waals surface area contributed by atoms with Crippen LogP contribution >= 0.6 is 7.82 Å². The van der Waals surface area contributed by atoms with Crippen LogP contribution in [-0.2, 0) is 18.9 Å². The Morgan fingerprint density at radius 2 is 2.12 bits per heavy atom. The smallest absolute Gasteiger partial charge is 0.352 e. The lowest BCUT2D eigenvalue weighted by Crippen LogP contribution is -2.30. The lowest BCUT2D eigenvalue weighted by atomic mass is 9.87. The van der Waals surface area contributed by atoms with Crippen molar-refractivity contribution in [2.75, 3.05) is 39.0 Å². The summed E-state index contributed by atoms with van der Waals surface area (Å²) in [6.07, 6.45) is 3.81. The summed E-state index contributed by atoms with van der Waals surface area (Å²) in [5.41, 5.74) is -3.32. The van der Waals surface area contributed by atoms with E-state index in [1.807, 2.05) is 6.92 Å². The van der Waals surface area contributed by atoms with E-state index in [4.69, 9.17) is 22.1 Å². The number of fused-ring (bicyclic) bond motifs is 3. The molecule has 2 heterocycles. The van der Waals surface area contributed by atoms with Crippen molar-refractivity contribution in [2.24, 2.45) is 15.9 Å². The highest BCUT2D eigenvalue weighted by atomic mass is 32.2. The number of hydrogen-bond acceptors (Lipinski definition) is 8. The first-order valence-corrected chi connectivity index (χ1v) is 15.5. The molecule has 1 atom stereocenters. The summed E-state index contributed by atoms with van der Waals surface area (Å²) < 4.78 is 115. The summed E-state index contributed by atoms with van der Waals surface area (Å²) in [5, 5.41) is 2.75. The molecule has 0 saturated heterocycles. The van der Waals surface area contributed by atoms with E-state index in [1.165, 1.54) is 6.07 Å². The van der Waals surface area contributed by atoms with Gasteiger partial charge in [0, 0.05) is 48.8 Å². The first-order valence-electron chi connectivity index (χ1n) is 17.0. The highest BCUT2D eigenvalue weighted by Gasteiger charge is 2.31. The Labute approximate surface area is 252 Å². The van der Waals surface area contributed by atoms with Crippen molar-refractivity contribution >= 4 is 46.9 Å². The molecule has 3 N–H and O–H groups in total. The van der Waals surface area contributed by atoms with E-state index in [2.05, 4.69) is 19.8 Å². The molecule has 0 aliphatic carbocycles. The number of hydrogen-bond donors (Lipinski definition) is 3. The highest BCUT2D eigenvalue weighted by molar-refractivity contribution is 7.91. The Kier molecular flexibility index (Phi) is 6.34. The summed E-state index contributed by atoms with van der Waals surface area (Å²) in [6, 6.07) is -2.80. The molecule has 0 aromatic heterocycles. The molecule has 2 aliphatic heterocycles. The zero-order valence-corrected chi connectivity index (χ0v) is 24.2. The average molecular weight is 612 g/mol. The maximum atomic E-state index is 13.6. The number of dihydropyridines is 1. The van der Waals surface area contributed by atoms with E-state index < -0.39 is 70.8 Å². The number of phosphoric acid groups is 1. The minimum absolute atomic E-state index is 0.00489. The second-order valence-electron chi connectivity index (χ2n) is 9.52. The Bertz CT molecular complexity index is 2000. The maximum absolute atomic E-state index is 13.6. The molecule has 0 bridgehead atoms. The molecule has 2 aliphatic rings. The molecule has 41 heavy (non-hydrogen) atoms. The zero-order chi connectivity index (χ0) is 37.7. The van der Waals surface area contributed by atoms with Gasteiger partial charge in [-0.05, 0) is 61.8 Å². The third kappa shape index (κ3) is 7.27. The van der Waals surface area contributed by atoms with Crippen LogP contribution in [0.2, 0.25) is 0 Å². The number of amides is 1. The monoisotopic (exact) mass is 611 g/mol. The van der Waals surface area contributed by atoms with E-state index in [0.29, 0.717) is 24.1 Å². The Morgan fingerprint density at radius 3 is 2.85 bits per heavy atom. The molecule has 2 aromatic rings. The topological polar surface area (TPSA) is 158 Å². The van der Waals surface area contributed by atoms with Crippen molar-refractivity contribution in [2.45, 2.75) is 32.0 Å². The van der Waals surface area contributed by atoms with Crippen molar-refractivity contribution in [1.82, 2.24) is 10.2 Å². The van der Waals surface area contributed by atoms with Crippen LogP contribution in [0.3, 0.4) is 0 Å². The Balaban J connectivity index is 1.83. The largest absolute Gasteiger partial charge is 0.469 e. The van der Waals surface area contributed by atoms with Crippen molar-refractivity contribution in [3.63, 3.8) is 0 Å². The van der Waals surface area contributed by atoms with Gasteiger partial charge in [0.2, 0.25) is 0 Å². The molecule has 1 unspecified atom stereocenters. The number of amidine groups is 1. The molecule has 0 spiro atoms. The van der Waals surface area contributed by atoms with E-state index in [0.717, 1.165) is 0 Å². The number of phosphoric ester groups is 1. The summed E-state index contributed by atoms with van der Waals surface area (Å²) in [7, 11) is -8.56. The number of nitrogens with one attached hydrogen (secondary N) is 1. The van der Waals surface area contributed by atoms with Crippen LogP contribution in [0.1, 0.15) is 54.0 Å². The fourth-order valence-corrected chi connectivity index (χ4v) is 5.20. The van der Waals surface area contributed by atoms with Gasteiger partial charge >= 0.3 is 7.82 Å². The number of sulfone groups is 1. The minimum Gasteiger partial charge on any atom is -0.352 e. The molecular formula is C28H35N4O7PS. The summed E-state index contributed by atoms with van der Waals surface area (Å²) in [4.78, 5) is 40.6. The fourth-order valence-electron chi connectivity index (χ4n) is 4.36. The summed E-state index contributed by atoms with van der Waals surface area (Å²) in [6.45, 7) is 0.232. The standard InChI is InChI=1S/C28H35N4O7PS/c1-5-41(37,38)21-9-6-8-20(15-21)23-16-22(19(3)26-25(23)24-14-18(2)17-30-27(24)31-26)28(33)29-10-7-11-32(4)12-13-39-40(34,35)36/h6,8-9,14-18H,5,7,10-13H2,1-4H3,(H,29,33)(H2,34,35,36)/i1D3,5D2,6D,8D,9D,15D. The molecule has 1 amide bonds. The number of likely N-dealkylation sites (N-methyl/N-ethyl adjacent to an activating group) is 1. The molecule has 4 rings (SSSR count). The van der Waals surface area contributed by atoms with E-state index in [1.54, 1.807) is 31.2 Å². The van der Waals surface area contributed by atoms with E-state index in [-0.39, 0.29) is 53.8 Å². The second-order valence-corrected chi connectivity index (χ2v) is 12.4. The van der Waals surface area contributed by atoms with Gasteiger partial charge in [-0.1, -0.05) is 31.9 Å². The van der Waals surface area contributed by atoms with E-state index in [9.17, 15) is 17.8 Å². The normalized spacial score (nSPS) is 20.1. The maximum Gasteiger partial charge on any atom is 0.469 e. The van der Waals surface area contributed by atoms with Crippen LogP contribution in [0.25, 0.3) is 16.7 Å². The van der Waals surface area contributed by atoms with Crippen LogP contribution in [0.5, 0.6) is 0 Å². The Morgan fingerprint density at radius 1 is 1.34 bits per heavy atom. The number of rotatable bonds is 12. The second kappa shape index (κ2) is 12.5. The van der Waals surface area contributed by atoms with Crippen LogP contribution < -0.4 is 5.32 Å². The summed E-state index contributed by atoms with van der Waals surface area (Å²) in [5.74, 6) is -0.588. The van der Waals surface area contributed by atoms with Gasteiger partial charge in [0.25, 0.3) is 5.91 Å². The highest BCUT2D eigenvalue weighted by Crippen LogP contribution is 2.46. The number of allylic oxidation sites excluding steroid dienone is 1. The van der Waals surface area contributed by atoms with Gasteiger partial charge in [-0.2, -0.15) is 0 Å². The van der Waals surface area contributed by atoms with Crippen LogP contribution in [0.15, 0.2) is 51.2 Å². The van der Waals surface area contributed by atoms with E-state index >= 15 is 0 Å². The van der Waals surface area contributed by atoms with Gasteiger partial charge in [-0.15, -0.1) is 0 Å². The molecule has 11 nitrogen and oxygen atoms in total. The van der Waals surface area contributed by atoms with Crippen LogP contribution in [-0.4, -0.2) is 80.1 Å². The number of benzene rings is 2. The fraction of sp³-hybridized carbons (Fsp3) is 0.393. The quantitative estimate of drug-likeness (QED) is 0.242. The van der Waals surface area contributed by atoms with Crippen LogP contribution in [0.4, 0.5) is 5.69 Å². The molecule has 220 valence electrons. The molecular weight excluding hydrogens is 567 g/mol. The predicted molar refractivity (Wildman–Crippen MR) is 160 cm³/mol. The van der Waals surface area contributed by atoms with Gasteiger partial charge in [-0.3, -0.25) is 9.32 Å². The average Bonchev–Trinajstić information content (AvgIpc) is 3.37. The third-order valence-corrected chi connectivity index (χ3v) is 7.93. The molecule has 13 heteroatoms. The predicted octanol–water partition coefficient (Wildman–Crippen LogP) is 3.76. The van der Waals surface area contributed by atoms with Gasteiger partial charge in [0.15, 0.2) is 15.7 Å². The van der Waals surface area contributed by atoms with Gasteiger partial charge in [0.05, 0.1) is 28.4 Å². The van der Waals surface area contributed by atoms with Gasteiger partial charge in [0.1, 0.15) is 0 Å². The van der Waals surface area contributed by atoms with Crippen LogP contribution in [0, 0.1) is 12.8 Å². The number of nitrogens with zero attached hydrogens (tertiary/aromatic N) is 3. The van der Waals surface area contributed by atoms with Crippen molar-refractivity contribution in [1.29, 1.82) is 0 Å². The first kappa shape index (κ1) is 20.8. The number of carbonyl (C=O) groups is 1. The summed E-state index contributed by atoms with van der Waals surface area (Å²) >= 11 is 0. The third-order valence-electron chi connectivity index (χ3n) is 6.40. The minimum atomic E-state index is -5.65. The Hall–Kier alpha value is -2.99. The van der Waals surface area contributed by atoms with Gasteiger partial charge < -0.3 is 20.0 Å². The van der Waals surface area contributed by atoms with Crippen molar-refractivity contribution < 1.29 is 44.4 Å². The first-order chi connectivity index (χ1) is 22.9. The molecule has 0 radical (unpaired) electrons. The molecule has 0 fully saturated rings. The number of aliphatic imine (C=N–C) groups is 2. The zero-order valence-electron chi connectivity index (χ0n) is 31.5. The van der Waals surface area contributed by atoms with Crippen molar-refractivity contribution in [3.8, 4) is 11.1 Å².